The van der Waals surface area contributed by atoms with Crippen LogP contribution in [0.4, 0.5) is 10.5 Å². The molecule has 3 rings (SSSR count). The molecule has 2 aliphatic heterocycles. The van der Waals surface area contributed by atoms with E-state index in [1.807, 2.05) is 23.1 Å². The number of fused-ring (bicyclic) bond motifs is 1. The van der Waals surface area contributed by atoms with Crippen LogP contribution in [0.5, 0.6) is 0 Å². The van der Waals surface area contributed by atoms with Gasteiger partial charge < -0.3 is 20.3 Å². The number of hydrogen-bond donors (Lipinski definition) is 2. The summed E-state index contributed by atoms with van der Waals surface area (Å²) in [5.41, 5.74) is 2.27. The summed E-state index contributed by atoms with van der Waals surface area (Å²) in [6, 6.07) is 7.88. The number of nitrogens with zero attached hydrogens (tertiary/aromatic N) is 1. The molecular weight excluding hydrogens is 318 g/mol. The summed E-state index contributed by atoms with van der Waals surface area (Å²) in [5, 5.41) is 5.65. The van der Waals surface area contributed by atoms with Crippen molar-refractivity contribution in [1.29, 1.82) is 0 Å². The van der Waals surface area contributed by atoms with Crippen LogP contribution in [-0.4, -0.2) is 44.3 Å². The highest BCUT2D eigenvalue weighted by Crippen LogP contribution is 2.27. The van der Waals surface area contributed by atoms with Crippen LogP contribution in [0.25, 0.3) is 0 Å². The normalized spacial score (nSPS) is 18.9. The maximum Gasteiger partial charge on any atom is 0.314 e. The van der Waals surface area contributed by atoms with Crippen molar-refractivity contribution < 1.29 is 14.3 Å². The highest BCUT2D eigenvalue weighted by molar-refractivity contribution is 5.95. The minimum atomic E-state index is -0.169. The molecule has 0 unspecified atom stereocenters. The van der Waals surface area contributed by atoms with Gasteiger partial charge in [-0.25, -0.2) is 4.79 Å². The molecule has 1 fully saturated rings. The number of anilines is 1. The molecule has 0 bridgehead atoms. The zero-order chi connectivity index (χ0) is 17.5. The molecule has 25 heavy (non-hydrogen) atoms. The fourth-order valence-corrected chi connectivity index (χ4v) is 3.45. The van der Waals surface area contributed by atoms with Gasteiger partial charge in [0.15, 0.2) is 0 Å². The lowest BCUT2D eigenvalue weighted by atomic mass is 10.2. The predicted molar refractivity (Wildman–Crippen MR) is 96.7 cm³/mol. The molecule has 0 aromatic heterocycles. The Bertz CT molecular complexity index is 599. The molecule has 1 atom stereocenters. The Balaban J connectivity index is 1.28. The van der Waals surface area contributed by atoms with Gasteiger partial charge in [-0.1, -0.05) is 18.2 Å². The van der Waals surface area contributed by atoms with Gasteiger partial charge in [-0.3, -0.25) is 4.79 Å². The maximum atomic E-state index is 12.4. The average Bonchev–Trinajstić information content (AvgIpc) is 3.28. The van der Waals surface area contributed by atoms with E-state index in [0.29, 0.717) is 32.0 Å². The van der Waals surface area contributed by atoms with Gasteiger partial charge in [0.2, 0.25) is 5.91 Å². The van der Waals surface area contributed by atoms with Crippen molar-refractivity contribution in [2.45, 2.75) is 44.6 Å². The van der Waals surface area contributed by atoms with Crippen molar-refractivity contribution in [2.24, 2.45) is 0 Å². The number of ether oxygens (including phenoxy) is 1. The average molecular weight is 345 g/mol. The van der Waals surface area contributed by atoms with E-state index in [1.165, 1.54) is 5.56 Å². The van der Waals surface area contributed by atoms with Crippen molar-refractivity contribution in [3.63, 3.8) is 0 Å². The first-order valence-electron chi connectivity index (χ1n) is 9.25. The number of amides is 3. The van der Waals surface area contributed by atoms with Crippen LogP contribution in [0.1, 0.15) is 37.7 Å². The Labute approximate surface area is 148 Å². The Hall–Kier alpha value is -2.08. The minimum Gasteiger partial charge on any atom is -0.378 e. The first-order valence-corrected chi connectivity index (χ1v) is 9.25. The number of urea groups is 1. The quantitative estimate of drug-likeness (QED) is 0.745. The molecule has 1 aromatic carbocycles. The largest absolute Gasteiger partial charge is 0.378 e. The Morgan fingerprint density at radius 3 is 2.88 bits per heavy atom. The number of para-hydroxylation sites is 1. The molecule has 3 amide bonds. The summed E-state index contributed by atoms with van der Waals surface area (Å²) < 4.78 is 5.52. The van der Waals surface area contributed by atoms with Crippen LogP contribution in [0.15, 0.2) is 24.3 Å². The molecule has 1 saturated heterocycles. The Kier molecular flexibility index (Phi) is 6.28. The van der Waals surface area contributed by atoms with E-state index in [1.54, 1.807) is 0 Å². The van der Waals surface area contributed by atoms with Crippen LogP contribution in [0.2, 0.25) is 0 Å². The topological polar surface area (TPSA) is 70.7 Å². The predicted octanol–water partition coefficient (Wildman–Crippen LogP) is 2.22. The van der Waals surface area contributed by atoms with E-state index in [9.17, 15) is 9.59 Å². The van der Waals surface area contributed by atoms with Gasteiger partial charge in [0, 0.05) is 38.3 Å². The number of nitrogens with one attached hydrogen (secondary N) is 2. The molecule has 2 aliphatic rings. The summed E-state index contributed by atoms with van der Waals surface area (Å²) in [4.78, 5) is 25.9. The van der Waals surface area contributed by atoms with E-state index in [-0.39, 0.29) is 11.9 Å². The molecular formula is C19H27N3O3. The molecule has 0 spiro atoms. The smallest absolute Gasteiger partial charge is 0.314 e. The van der Waals surface area contributed by atoms with Crippen LogP contribution in [-0.2, 0) is 16.0 Å². The summed E-state index contributed by atoms with van der Waals surface area (Å²) in [6.07, 6.45) is 5.38. The fourth-order valence-electron chi connectivity index (χ4n) is 3.45. The van der Waals surface area contributed by atoms with Crippen molar-refractivity contribution in [3.05, 3.63) is 29.8 Å². The number of hydrogen-bond acceptors (Lipinski definition) is 3. The van der Waals surface area contributed by atoms with Gasteiger partial charge in [0.05, 0.1) is 6.10 Å². The lowest BCUT2D eigenvalue weighted by Gasteiger charge is -2.17. The van der Waals surface area contributed by atoms with E-state index < -0.39 is 0 Å². The van der Waals surface area contributed by atoms with Gasteiger partial charge in [-0.2, -0.15) is 0 Å². The van der Waals surface area contributed by atoms with E-state index in [0.717, 1.165) is 44.5 Å². The number of carbonyl (C=O) groups is 2. The third kappa shape index (κ3) is 4.95. The standard InChI is InChI=1S/C19H27N3O3/c23-18(22-13-10-15-5-1-2-7-17(15)22)8-3-11-20-19(24)21-12-9-16-6-4-14-25-16/h1-2,5,7,16H,3-4,6,8-14H2,(H2,20,21,24)/t16-/m1/s1. The van der Waals surface area contributed by atoms with Crippen LogP contribution in [0, 0.1) is 0 Å². The second-order valence-corrected chi connectivity index (χ2v) is 6.63. The second-order valence-electron chi connectivity index (χ2n) is 6.63. The Morgan fingerprint density at radius 1 is 1.20 bits per heavy atom. The van der Waals surface area contributed by atoms with Crippen molar-refractivity contribution in [1.82, 2.24) is 10.6 Å². The number of rotatable bonds is 7. The van der Waals surface area contributed by atoms with Gasteiger partial charge in [-0.15, -0.1) is 0 Å². The maximum absolute atomic E-state index is 12.4. The van der Waals surface area contributed by atoms with E-state index >= 15 is 0 Å². The monoisotopic (exact) mass is 345 g/mol. The van der Waals surface area contributed by atoms with Crippen molar-refractivity contribution in [3.8, 4) is 0 Å². The first-order chi connectivity index (χ1) is 12.2. The summed E-state index contributed by atoms with van der Waals surface area (Å²) in [5.74, 6) is 0.130. The number of benzene rings is 1. The highest BCUT2D eigenvalue weighted by atomic mass is 16.5. The van der Waals surface area contributed by atoms with Crippen molar-refractivity contribution in [2.75, 3.05) is 31.1 Å². The van der Waals surface area contributed by atoms with Gasteiger partial charge >= 0.3 is 6.03 Å². The minimum absolute atomic E-state index is 0.130. The van der Waals surface area contributed by atoms with E-state index in [2.05, 4.69) is 16.7 Å². The van der Waals surface area contributed by atoms with E-state index in [4.69, 9.17) is 4.74 Å². The third-order valence-corrected chi connectivity index (χ3v) is 4.82. The molecule has 1 aromatic rings. The second kappa shape index (κ2) is 8.85. The SMILES string of the molecule is O=C(NCCCC(=O)N1CCc2ccccc21)NCC[C@H]1CCCO1. The molecule has 0 aliphatic carbocycles. The lowest BCUT2D eigenvalue weighted by molar-refractivity contribution is -0.118. The third-order valence-electron chi connectivity index (χ3n) is 4.82. The molecule has 2 heterocycles. The molecule has 136 valence electrons. The number of carbonyl (C=O) groups excluding carboxylic acids is 2. The summed E-state index contributed by atoms with van der Waals surface area (Å²) in [7, 11) is 0. The molecule has 6 nitrogen and oxygen atoms in total. The summed E-state index contributed by atoms with van der Waals surface area (Å²) in [6.45, 7) is 2.73. The molecule has 6 heteroatoms. The Morgan fingerprint density at radius 2 is 2.04 bits per heavy atom. The van der Waals surface area contributed by atoms with Crippen molar-refractivity contribution >= 4 is 17.6 Å². The molecule has 0 radical (unpaired) electrons. The first kappa shape index (κ1) is 17.7. The fraction of sp³-hybridized carbons (Fsp3) is 0.579. The summed E-state index contributed by atoms with van der Waals surface area (Å²) >= 11 is 0. The zero-order valence-corrected chi connectivity index (χ0v) is 14.6. The van der Waals surface area contributed by atoms with Gasteiger partial charge in [0.1, 0.15) is 0 Å². The van der Waals surface area contributed by atoms with Gasteiger partial charge in [0.25, 0.3) is 0 Å². The zero-order valence-electron chi connectivity index (χ0n) is 14.6. The van der Waals surface area contributed by atoms with Gasteiger partial charge in [-0.05, 0) is 43.7 Å². The van der Waals surface area contributed by atoms with Crippen LogP contribution < -0.4 is 15.5 Å². The highest BCUT2D eigenvalue weighted by Gasteiger charge is 2.23. The van der Waals surface area contributed by atoms with Crippen LogP contribution in [0.3, 0.4) is 0 Å². The molecule has 0 saturated carbocycles. The van der Waals surface area contributed by atoms with Crippen LogP contribution >= 0.6 is 0 Å². The molecule has 2 N–H and O–H groups in total. The lowest BCUT2D eigenvalue weighted by Crippen LogP contribution is -2.38.